The zero-order valence-electron chi connectivity index (χ0n) is 10.8. The van der Waals surface area contributed by atoms with Crippen LogP contribution in [0.15, 0.2) is 53.5 Å². The van der Waals surface area contributed by atoms with Gasteiger partial charge in [0.15, 0.2) is 5.43 Å². The lowest BCUT2D eigenvalue weighted by Crippen LogP contribution is -2.06. The molecule has 0 fully saturated rings. The molecule has 0 aliphatic carbocycles. The second kappa shape index (κ2) is 5.02. The summed E-state index contributed by atoms with van der Waals surface area (Å²) in [4.78, 5) is 15.6. The molecule has 0 aliphatic heterocycles. The van der Waals surface area contributed by atoms with E-state index in [1.54, 1.807) is 31.5 Å². The summed E-state index contributed by atoms with van der Waals surface area (Å²) in [6.07, 6.45) is 1.69. The number of rotatable bonds is 2. The summed E-state index contributed by atoms with van der Waals surface area (Å²) in [5.41, 5.74) is 2.08. The maximum Gasteiger partial charge on any atom is 0.197 e. The van der Waals surface area contributed by atoms with Crippen molar-refractivity contribution in [1.82, 2.24) is 4.98 Å². The minimum absolute atomic E-state index is 0.0357. The molecule has 0 saturated heterocycles. The molecule has 0 atom stereocenters. The second-order valence-corrected chi connectivity index (χ2v) is 4.83. The Morgan fingerprint density at radius 3 is 2.55 bits per heavy atom. The number of ether oxygens (including phenoxy) is 1. The van der Waals surface area contributed by atoms with Gasteiger partial charge in [0.2, 0.25) is 0 Å². The van der Waals surface area contributed by atoms with Crippen molar-refractivity contribution in [1.29, 1.82) is 0 Å². The minimum Gasteiger partial charge on any atom is -0.497 e. The average Bonchev–Trinajstić information content (AvgIpc) is 2.49. The van der Waals surface area contributed by atoms with E-state index in [-0.39, 0.29) is 5.43 Å². The largest absolute Gasteiger partial charge is 0.497 e. The molecular weight excluding hydrogens is 274 g/mol. The van der Waals surface area contributed by atoms with Gasteiger partial charge in [-0.2, -0.15) is 0 Å². The molecule has 1 aromatic heterocycles. The molecule has 0 amide bonds. The van der Waals surface area contributed by atoms with Crippen LogP contribution in [0.5, 0.6) is 5.75 Å². The number of halogens is 1. The molecule has 0 saturated carbocycles. The summed E-state index contributed by atoms with van der Waals surface area (Å²) < 4.78 is 5.12. The van der Waals surface area contributed by atoms with Gasteiger partial charge in [-0.25, -0.2) is 0 Å². The first-order valence-electron chi connectivity index (χ1n) is 6.15. The van der Waals surface area contributed by atoms with Gasteiger partial charge in [0.25, 0.3) is 0 Å². The van der Waals surface area contributed by atoms with Crippen molar-refractivity contribution in [3.63, 3.8) is 0 Å². The summed E-state index contributed by atoms with van der Waals surface area (Å²) in [6, 6.07) is 12.7. The lowest BCUT2D eigenvalue weighted by molar-refractivity contribution is 0.415. The highest BCUT2D eigenvalue weighted by molar-refractivity contribution is 6.35. The molecule has 3 aromatic rings. The molecule has 20 heavy (non-hydrogen) atoms. The third kappa shape index (κ3) is 2.06. The van der Waals surface area contributed by atoms with Crippen LogP contribution in [0.1, 0.15) is 0 Å². The maximum atomic E-state index is 12.5. The first kappa shape index (κ1) is 12.8. The predicted molar refractivity (Wildman–Crippen MR) is 81.6 cm³/mol. The van der Waals surface area contributed by atoms with E-state index in [1.165, 1.54) is 0 Å². The fourth-order valence-electron chi connectivity index (χ4n) is 2.20. The van der Waals surface area contributed by atoms with E-state index < -0.39 is 0 Å². The summed E-state index contributed by atoms with van der Waals surface area (Å²) in [5.74, 6) is 0.758. The van der Waals surface area contributed by atoms with Gasteiger partial charge in [0.1, 0.15) is 5.75 Å². The van der Waals surface area contributed by atoms with Crippen molar-refractivity contribution in [3.8, 4) is 16.9 Å². The van der Waals surface area contributed by atoms with E-state index in [4.69, 9.17) is 16.3 Å². The van der Waals surface area contributed by atoms with Crippen LogP contribution < -0.4 is 10.2 Å². The SMILES string of the molecule is COc1ccc(-c2c[nH]c3c(Cl)cccc3c2=O)cc1. The highest BCUT2D eigenvalue weighted by Crippen LogP contribution is 2.23. The van der Waals surface area contributed by atoms with Gasteiger partial charge < -0.3 is 9.72 Å². The van der Waals surface area contributed by atoms with E-state index in [1.807, 2.05) is 24.3 Å². The van der Waals surface area contributed by atoms with Gasteiger partial charge in [-0.05, 0) is 29.8 Å². The van der Waals surface area contributed by atoms with Crippen LogP contribution in [0.2, 0.25) is 5.02 Å². The zero-order valence-corrected chi connectivity index (χ0v) is 11.6. The number of para-hydroxylation sites is 1. The molecule has 0 aliphatic rings. The second-order valence-electron chi connectivity index (χ2n) is 4.42. The number of aromatic nitrogens is 1. The summed E-state index contributed by atoms with van der Waals surface area (Å²) in [6.45, 7) is 0. The van der Waals surface area contributed by atoms with Crippen molar-refractivity contribution in [3.05, 3.63) is 63.9 Å². The van der Waals surface area contributed by atoms with Crippen molar-refractivity contribution < 1.29 is 4.74 Å². The zero-order chi connectivity index (χ0) is 14.1. The van der Waals surface area contributed by atoms with Crippen LogP contribution in [-0.2, 0) is 0 Å². The highest BCUT2D eigenvalue weighted by Gasteiger charge is 2.09. The molecule has 2 aromatic carbocycles. The van der Waals surface area contributed by atoms with E-state index >= 15 is 0 Å². The molecule has 0 radical (unpaired) electrons. The standard InChI is InChI=1S/C16H12ClNO2/c1-20-11-7-5-10(6-8-11)13-9-18-15-12(16(13)19)3-2-4-14(15)17/h2-9H,1H3,(H,18,19). The maximum absolute atomic E-state index is 12.5. The van der Waals surface area contributed by atoms with E-state index in [0.717, 1.165) is 11.3 Å². The number of pyridine rings is 1. The minimum atomic E-state index is -0.0357. The van der Waals surface area contributed by atoms with E-state index in [2.05, 4.69) is 4.98 Å². The monoisotopic (exact) mass is 285 g/mol. The quantitative estimate of drug-likeness (QED) is 0.777. The number of hydrogen-bond acceptors (Lipinski definition) is 2. The molecule has 3 nitrogen and oxygen atoms in total. The third-order valence-corrected chi connectivity index (χ3v) is 3.58. The molecule has 1 heterocycles. The molecule has 3 rings (SSSR count). The van der Waals surface area contributed by atoms with Crippen LogP contribution in [0.4, 0.5) is 0 Å². The predicted octanol–water partition coefficient (Wildman–Crippen LogP) is 3.86. The van der Waals surface area contributed by atoms with Crippen molar-refractivity contribution in [2.75, 3.05) is 7.11 Å². The van der Waals surface area contributed by atoms with Gasteiger partial charge in [0.05, 0.1) is 17.6 Å². The number of fused-ring (bicyclic) bond motifs is 1. The lowest BCUT2D eigenvalue weighted by Gasteiger charge is -2.06. The Labute approximate surface area is 120 Å². The van der Waals surface area contributed by atoms with E-state index in [0.29, 0.717) is 21.5 Å². The average molecular weight is 286 g/mol. The van der Waals surface area contributed by atoms with Crippen LogP contribution >= 0.6 is 11.6 Å². The molecule has 0 unspecified atom stereocenters. The van der Waals surface area contributed by atoms with Gasteiger partial charge in [-0.15, -0.1) is 0 Å². The first-order valence-corrected chi connectivity index (χ1v) is 6.53. The Bertz CT molecular complexity index is 822. The summed E-state index contributed by atoms with van der Waals surface area (Å²) in [7, 11) is 1.61. The molecular formula is C16H12ClNO2. The summed E-state index contributed by atoms with van der Waals surface area (Å²) in [5, 5.41) is 1.13. The van der Waals surface area contributed by atoms with Gasteiger partial charge in [-0.1, -0.05) is 29.8 Å². The topological polar surface area (TPSA) is 42.1 Å². The Balaban J connectivity index is 2.21. The smallest absolute Gasteiger partial charge is 0.197 e. The first-order chi connectivity index (χ1) is 9.70. The molecule has 0 spiro atoms. The molecule has 4 heteroatoms. The van der Waals surface area contributed by atoms with Crippen molar-refractivity contribution >= 4 is 22.5 Å². The Kier molecular flexibility index (Phi) is 3.20. The fraction of sp³-hybridized carbons (Fsp3) is 0.0625. The van der Waals surface area contributed by atoms with Gasteiger partial charge >= 0.3 is 0 Å². The van der Waals surface area contributed by atoms with Crippen LogP contribution in [0.3, 0.4) is 0 Å². The van der Waals surface area contributed by atoms with Gasteiger partial charge in [-0.3, -0.25) is 4.79 Å². The molecule has 1 N–H and O–H groups in total. The Morgan fingerprint density at radius 2 is 1.85 bits per heavy atom. The van der Waals surface area contributed by atoms with E-state index in [9.17, 15) is 4.79 Å². The number of nitrogens with one attached hydrogen (secondary N) is 1. The third-order valence-electron chi connectivity index (χ3n) is 3.26. The van der Waals surface area contributed by atoms with Crippen LogP contribution in [-0.4, -0.2) is 12.1 Å². The lowest BCUT2D eigenvalue weighted by atomic mass is 10.0. The Hall–Kier alpha value is -2.26. The number of aromatic amines is 1. The Morgan fingerprint density at radius 1 is 1.10 bits per heavy atom. The number of benzene rings is 2. The van der Waals surface area contributed by atoms with Gasteiger partial charge in [0, 0.05) is 17.1 Å². The highest BCUT2D eigenvalue weighted by atomic mass is 35.5. The van der Waals surface area contributed by atoms with Crippen molar-refractivity contribution in [2.24, 2.45) is 0 Å². The molecule has 0 bridgehead atoms. The van der Waals surface area contributed by atoms with Crippen molar-refractivity contribution in [2.45, 2.75) is 0 Å². The van der Waals surface area contributed by atoms with Crippen LogP contribution in [0, 0.1) is 0 Å². The van der Waals surface area contributed by atoms with Crippen LogP contribution in [0.25, 0.3) is 22.0 Å². The number of hydrogen-bond donors (Lipinski definition) is 1. The normalized spacial score (nSPS) is 10.7. The fourth-order valence-corrected chi connectivity index (χ4v) is 2.43. The number of methoxy groups -OCH3 is 1. The number of H-pyrrole nitrogens is 1. The molecule has 100 valence electrons. The summed E-state index contributed by atoms with van der Waals surface area (Å²) >= 11 is 6.08.